The molecular weight excluding hydrogens is 274 g/mol. The van der Waals surface area contributed by atoms with Crippen molar-refractivity contribution in [2.45, 2.75) is 20.3 Å². The van der Waals surface area contributed by atoms with Crippen LogP contribution < -0.4 is 5.73 Å². The first-order chi connectivity index (χ1) is 7.68. The first-order valence-electron chi connectivity index (χ1n) is 5.57. The van der Waals surface area contributed by atoms with Gasteiger partial charge in [-0.2, -0.15) is 0 Å². The molecule has 2 heteroatoms. The molecule has 0 spiro atoms. The van der Waals surface area contributed by atoms with Gasteiger partial charge in [0.2, 0.25) is 0 Å². The van der Waals surface area contributed by atoms with Gasteiger partial charge >= 0.3 is 0 Å². The summed E-state index contributed by atoms with van der Waals surface area (Å²) >= 11 is 0. The minimum absolute atomic E-state index is 0. The number of rotatable bonds is 2. The molecule has 0 aliphatic carbocycles. The summed E-state index contributed by atoms with van der Waals surface area (Å²) in [5, 5.41) is 0. The molecule has 2 N–H and O–H groups in total. The van der Waals surface area contributed by atoms with Crippen LogP contribution in [0.15, 0.2) is 42.5 Å². The van der Waals surface area contributed by atoms with Crippen LogP contribution >= 0.6 is 17.0 Å². The summed E-state index contributed by atoms with van der Waals surface area (Å²) in [5.41, 5.74) is 12.0. The normalized spacial score (nSPS) is 9.76. The fourth-order valence-electron chi connectivity index (χ4n) is 1.90. The Morgan fingerprint density at radius 2 is 1.53 bits per heavy atom. The molecule has 0 saturated heterocycles. The van der Waals surface area contributed by atoms with Gasteiger partial charge in [-0.25, -0.2) is 0 Å². The topological polar surface area (TPSA) is 26.0 Å². The zero-order chi connectivity index (χ0) is 11.5. The molecular formula is C15H18BrN. The van der Waals surface area contributed by atoms with Crippen LogP contribution in [0, 0.1) is 13.8 Å². The van der Waals surface area contributed by atoms with Gasteiger partial charge in [-0.05, 0) is 48.6 Å². The highest BCUT2D eigenvalue weighted by Gasteiger charge is 2.04. The maximum atomic E-state index is 5.88. The SMILES string of the molecule is Br.Cc1c(N)ccc(Cc2ccccc2)c1C. The maximum absolute atomic E-state index is 5.88. The van der Waals surface area contributed by atoms with Crippen LogP contribution in [0.25, 0.3) is 0 Å². The lowest BCUT2D eigenvalue weighted by Crippen LogP contribution is -1.98. The van der Waals surface area contributed by atoms with E-state index < -0.39 is 0 Å². The summed E-state index contributed by atoms with van der Waals surface area (Å²) in [6.45, 7) is 4.23. The van der Waals surface area contributed by atoms with Gasteiger partial charge in [0.05, 0.1) is 0 Å². The second-order valence-corrected chi connectivity index (χ2v) is 4.23. The lowest BCUT2D eigenvalue weighted by atomic mass is 9.96. The van der Waals surface area contributed by atoms with Gasteiger partial charge in [0, 0.05) is 5.69 Å². The Morgan fingerprint density at radius 3 is 2.18 bits per heavy atom. The molecule has 2 aromatic rings. The van der Waals surface area contributed by atoms with Crippen molar-refractivity contribution in [1.82, 2.24) is 0 Å². The summed E-state index contributed by atoms with van der Waals surface area (Å²) in [4.78, 5) is 0. The molecule has 0 saturated carbocycles. The van der Waals surface area contributed by atoms with Gasteiger partial charge < -0.3 is 5.73 Å². The first-order valence-corrected chi connectivity index (χ1v) is 5.57. The smallest absolute Gasteiger partial charge is 0.0346 e. The fourth-order valence-corrected chi connectivity index (χ4v) is 1.90. The number of benzene rings is 2. The Morgan fingerprint density at radius 1 is 0.882 bits per heavy atom. The molecule has 0 radical (unpaired) electrons. The number of halogens is 1. The fraction of sp³-hybridized carbons (Fsp3) is 0.200. The zero-order valence-corrected chi connectivity index (χ0v) is 11.9. The Hall–Kier alpha value is -1.28. The van der Waals surface area contributed by atoms with Crippen molar-refractivity contribution in [3.8, 4) is 0 Å². The van der Waals surface area contributed by atoms with E-state index in [1.165, 1.54) is 22.3 Å². The lowest BCUT2D eigenvalue weighted by molar-refractivity contribution is 1.14. The molecule has 0 aromatic heterocycles. The molecule has 0 heterocycles. The number of hydrogen-bond donors (Lipinski definition) is 1. The lowest BCUT2D eigenvalue weighted by Gasteiger charge is -2.11. The summed E-state index contributed by atoms with van der Waals surface area (Å²) in [5.74, 6) is 0. The Balaban J connectivity index is 0.00000144. The van der Waals surface area contributed by atoms with E-state index in [-0.39, 0.29) is 17.0 Å². The molecule has 2 aromatic carbocycles. The summed E-state index contributed by atoms with van der Waals surface area (Å²) < 4.78 is 0. The summed E-state index contributed by atoms with van der Waals surface area (Å²) in [7, 11) is 0. The van der Waals surface area contributed by atoms with Crippen LogP contribution in [-0.4, -0.2) is 0 Å². The van der Waals surface area contributed by atoms with Crippen LogP contribution in [0.5, 0.6) is 0 Å². The predicted molar refractivity (Wildman–Crippen MR) is 79.9 cm³/mol. The second-order valence-electron chi connectivity index (χ2n) is 4.23. The summed E-state index contributed by atoms with van der Waals surface area (Å²) in [6, 6.07) is 14.6. The van der Waals surface area contributed by atoms with Gasteiger partial charge in [0.1, 0.15) is 0 Å². The third-order valence-corrected chi connectivity index (χ3v) is 3.18. The molecule has 2 rings (SSSR count). The Bertz CT molecular complexity index is 492. The van der Waals surface area contributed by atoms with Crippen molar-refractivity contribution >= 4 is 22.7 Å². The van der Waals surface area contributed by atoms with E-state index in [2.05, 4.69) is 44.2 Å². The Labute approximate surface area is 113 Å². The van der Waals surface area contributed by atoms with Crippen LogP contribution in [-0.2, 0) is 6.42 Å². The highest BCUT2D eigenvalue weighted by Crippen LogP contribution is 2.21. The van der Waals surface area contributed by atoms with Gasteiger partial charge in [-0.15, -0.1) is 17.0 Å². The average molecular weight is 292 g/mol. The van der Waals surface area contributed by atoms with E-state index in [0.29, 0.717) is 0 Å². The average Bonchev–Trinajstić information content (AvgIpc) is 2.31. The van der Waals surface area contributed by atoms with Crippen molar-refractivity contribution in [3.63, 3.8) is 0 Å². The minimum Gasteiger partial charge on any atom is -0.399 e. The highest BCUT2D eigenvalue weighted by atomic mass is 79.9. The van der Waals surface area contributed by atoms with E-state index in [0.717, 1.165) is 12.1 Å². The number of anilines is 1. The first kappa shape index (κ1) is 13.8. The van der Waals surface area contributed by atoms with Crippen LogP contribution in [0.3, 0.4) is 0 Å². The molecule has 1 nitrogen and oxygen atoms in total. The standard InChI is InChI=1S/C15H17N.BrH/c1-11-12(2)15(16)9-8-14(11)10-13-6-4-3-5-7-13;/h3-9H,10,16H2,1-2H3;1H. The number of nitrogen functional groups attached to an aromatic ring is 1. The van der Waals surface area contributed by atoms with Gasteiger partial charge in [-0.1, -0.05) is 36.4 Å². The van der Waals surface area contributed by atoms with Crippen LogP contribution in [0.2, 0.25) is 0 Å². The predicted octanol–water partition coefficient (Wildman–Crippen LogP) is 4.05. The molecule has 17 heavy (non-hydrogen) atoms. The summed E-state index contributed by atoms with van der Waals surface area (Å²) in [6.07, 6.45) is 0.980. The van der Waals surface area contributed by atoms with E-state index in [1.807, 2.05) is 12.1 Å². The maximum Gasteiger partial charge on any atom is 0.0346 e. The third-order valence-electron chi connectivity index (χ3n) is 3.18. The second kappa shape index (κ2) is 5.87. The largest absolute Gasteiger partial charge is 0.399 e. The highest BCUT2D eigenvalue weighted by molar-refractivity contribution is 8.93. The van der Waals surface area contributed by atoms with E-state index >= 15 is 0 Å². The van der Waals surface area contributed by atoms with Gasteiger partial charge in [-0.3, -0.25) is 0 Å². The Kier molecular flexibility index (Phi) is 4.76. The van der Waals surface area contributed by atoms with Crippen molar-refractivity contribution in [3.05, 3.63) is 64.7 Å². The molecule has 90 valence electrons. The van der Waals surface area contributed by atoms with Crippen LogP contribution in [0.4, 0.5) is 5.69 Å². The van der Waals surface area contributed by atoms with Crippen molar-refractivity contribution in [2.24, 2.45) is 0 Å². The van der Waals surface area contributed by atoms with E-state index in [4.69, 9.17) is 5.73 Å². The molecule has 0 aliphatic rings. The molecule has 0 atom stereocenters. The third kappa shape index (κ3) is 3.10. The zero-order valence-electron chi connectivity index (χ0n) is 10.2. The molecule has 0 amide bonds. The minimum atomic E-state index is 0. The van der Waals surface area contributed by atoms with E-state index in [1.54, 1.807) is 0 Å². The van der Waals surface area contributed by atoms with Crippen molar-refractivity contribution in [1.29, 1.82) is 0 Å². The molecule has 0 aliphatic heterocycles. The number of hydrogen-bond acceptors (Lipinski definition) is 1. The van der Waals surface area contributed by atoms with Gasteiger partial charge in [0.15, 0.2) is 0 Å². The quantitative estimate of drug-likeness (QED) is 0.830. The number of nitrogens with two attached hydrogens (primary N) is 1. The molecule has 0 bridgehead atoms. The van der Waals surface area contributed by atoms with E-state index in [9.17, 15) is 0 Å². The van der Waals surface area contributed by atoms with Crippen molar-refractivity contribution in [2.75, 3.05) is 5.73 Å². The van der Waals surface area contributed by atoms with Gasteiger partial charge in [0.25, 0.3) is 0 Å². The monoisotopic (exact) mass is 291 g/mol. The van der Waals surface area contributed by atoms with Crippen LogP contribution in [0.1, 0.15) is 22.3 Å². The molecule has 0 fully saturated rings. The van der Waals surface area contributed by atoms with Crippen molar-refractivity contribution < 1.29 is 0 Å². The molecule has 0 unspecified atom stereocenters.